The lowest BCUT2D eigenvalue weighted by Gasteiger charge is -2.32. The number of hydrogen-bond acceptors (Lipinski definition) is 1. The van der Waals surface area contributed by atoms with Crippen LogP contribution in [0, 0.1) is 5.92 Å². The normalized spacial score (nSPS) is 22.2. The van der Waals surface area contributed by atoms with E-state index in [1.807, 2.05) is 30.3 Å². The average Bonchev–Trinajstić information content (AvgIpc) is 2.47. The van der Waals surface area contributed by atoms with Gasteiger partial charge in [-0.2, -0.15) is 13.2 Å². The number of halogens is 3. The lowest BCUT2D eigenvalue weighted by atomic mass is 9.85. The van der Waals surface area contributed by atoms with Crippen molar-refractivity contribution in [2.45, 2.75) is 44.4 Å². The quantitative estimate of drug-likeness (QED) is 0.900. The highest BCUT2D eigenvalue weighted by Gasteiger charge is 2.42. The maximum Gasteiger partial charge on any atom is 0.391 e. The van der Waals surface area contributed by atoms with Crippen molar-refractivity contribution in [3.8, 4) is 0 Å². The van der Waals surface area contributed by atoms with Crippen molar-refractivity contribution in [2.75, 3.05) is 7.05 Å². The summed E-state index contributed by atoms with van der Waals surface area (Å²) in [6, 6.07) is 8.76. The highest BCUT2D eigenvalue weighted by atomic mass is 19.4. The van der Waals surface area contributed by atoms with Gasteiger partial charge in [-0.15, -0.1) is 0 Å². The molecule has 0 saturated heterocycles. The maximum atomic E-state index is 12.8. The van der Waals surface area contributed by atoms with Gasteiger partial charge >= 0.3 is 12.2 Å². The Morgan fingerprint density at radius 3 is 2.59 bits per heavy atom. The molecule has 1 aliphatic carbocycles. The monoisotopic (exact) mass is 314 g/mol. The molecule has 6 heteroatoms. The fraction of sp³-hybridized carbons (Fsp3) is 0.562. The van der Waals surface area contributed by atoms with Crippen molar-refractivity contribution in [1.82, 2.24) is 10.2 Å². The van der Waals surface area contributed by atoms with Gasteiger partial charge in [0.1, 0.15) is 0 Å². The topological polar surface area (TPSA) is 32.3 Å². The first-order chi connectivity index (χ1) is 10.4. The predicted molar refractivity (Wildman–Crippen MR) is 78.2 cm³/mol. The molecule has 0 spiro atoms. The third-order valence-electron chi connectivity index (χ3n) is 4.07. The van der Waals surface area contributed by atoms with Gasteiger partial charge in [0.15, 0.2) is 0 Å². The first-order valence-corrected chi connectivity index (χ1v) is 7.48. The molecule has 122 valence electrons. The van der Waals surface area contributed by atoms with Crippen LogP contribution < -0.4 is 5.32 Å². The molecule has 0 aliphatic heterocycles. The number of alkyl halides is 3. The average molecular weight is 314 g/mol. The highest BCUT2D eigenvalue weighted by Crippen LogP contribution is 2.37. The smallest absolute Gasteiger partial charge is 0.335 e. The number of urea groups is 1. The van der Waals surface area contributed by atoms with Gasteiger partial charge in [-0.25, -0.2) is 4.79 Å². The second kappa shape index (κ2) is 7.03. The van der Waals surface area contributed by atoms with Gasteiger partial charge in [0.25, 0.3) is 0 Å². The Morgan fingerprint density at radius 2 is 1.95 bits per heavy atom. The summed E-state index contributed by atoms with van der Waals surface area (Å²) in [7, 11) is 1.65. The SMILES string of the molecule is CN(Cc1ccccc1)C(=O)N[C@@H]1CCC[C@H](C(F)(F)F)C1. The van der Waals surface area contributed by atoms with Gasteiger partial charge in [0.05, 0.1) is 5.92 Å². The first-order valence-electron chi connectivity index (χ1n) is 7.48. The van der Waals surface area contributed by atoms with Crippen LogP contribution in [0.5, 0.6) is 0 Å². The van der Waals surface area contributed by atoms with Crippen LogP contribution >= 0.6 is 0 Å². The molecule has 1 fully saturated rings. The molecule has 1 N–H and O–H groups in total. The number of rotatable bonds is 3. The van der Waals surface area contributed by atoms with Crippen molar-refractivity contribution in [2.24, 2.45) is 5.92 Å². The van der Waals surface area contributed by atoms with Crippen LogP contribution in [0.1, 0.15) is 31.2 Å². The molecule has 0 radical (unpaired) electrons. The molecule has 2 atom stereocenters. The fourth-order valence-electron chi connectivity index (χ4n) is 2.83. The van der Waals surface area contributed by atoms with Crippen LogP contribution in [0.2, 0.25) is 0 Å². The van der Waals surface area contributed by atoms with E-state index in [1.54, 1.807) is 7.05 Å². The number of hydrogen-bond donors (Lipinski definition) is 1. The molecule has 2 amide bonds. The molecule has 1 aliphatic rings. The van der Waals surface area contributed by atoms with Crippen LogP contribution in [0.25, 0.3) is 0 Å². The summed E-state index contributed by atoms with van der Waals surface area (Å²) in [6.07, 6.45) is -2.92. The Hall–Kier alpha value is -1.72. The number of amides is 2. The van der Waals surface area contributed by atoms with Crippen LogP contribution in [0.4, 0.5) is 18.0 Å². The van der Waals surface area contributed by atoms with E-state index in [1.165, 1.54) is 4.90 Å². The summed E-state index contributed by atoms with van der Waals surface area (Å²) in [5.41, 5.74) is 0.983. The van der Waals surface area contributed by atoms with Crippen LogP contribution in [-0.2, 0) is 6.54 Å². The zero-order valence-electron chi connectivity index (χ0n) is 12.6. The Balaban J connectivity index is 1.86. The van der Waals surface area contributed by atoms with Crippen molar-refractivity contribution >= 4 is 6.03 Å². The van der Waals surface area contributed by atoms with Gasteiger partial charge in [-0.3, -0.25) is 0 Å². The summed E-state index contributed by atoms with van der Waals surface area (Å²) < 4.78 is 38.3. The van der Waals surface area contributed by atoms with E-state index in [0.717, 1.165) is 5.56 Å². The first kappa shape index (κ1) is 16.6. The lowest BCUT2D eigenvalue weighted by Crippen LogP contribution is -2.46. The molecule has 1 aromatic carbocycles. The van der Waals surface area contributed by atoms with E-state index < -0.39 is 18.1 Å². The third-order valence-corrected chi connectivity index (χ3v) is 4.07. The van der Waals surface area contributed by atoms with Crippen LogP contribution in [0.3, 0.4) is 0 Å². The molecule has 1 saturated carbocycles. The Labute approximate surface area is 128 Å². The second-order valence-corrected chi connectivity index (χ2v) is 5.89. The summed E-state index contributed by atoms with van der Waals surface area (Å²) in [6.45, 7) is 0.433. The minimum atomic E-state index is -4.17. The molecule has 0 heterocycles. The molecule has 0 bridgehead atoms. The van der Waals surface area contributed by atoms with E-state index in [-0.39, 0.29) is 18.9 Å². The number of nitrogens with one attached hydrogen (secondary N) is 1. The van der Waals surface area contributed by atoms with Gasteiger partial charge in [0.2, 0.25) is 0 Å². The van der Waals surface area contributed by atoms with E-state index in [0.29, 0.717) is 19.4 Å². The van der Waals surface area contributed by atoms with Gasteiger partial charge in [0, 0.05) is 19.6 Å². The summed E-state index contributed by atoms with van der Waals surface area (Å²) in [5, 5.41) is 2.73. The summed E-state index contributed by atoms with van der Waals surface area (Å²) in [5.74, 6) is -1.30. The molecule has 0 aromatic heterocycles. The number of benzene rings is 1. The van der Waals surface area contributed by atoms with Crippen molar-refractivity contribution < 1.29 is 18.0 Å². The molecule has 1 aromatic rings. The minimum Gasteiger partial charge on any atom is -0.335 e. The molecule has 22 heavy (non-hydrogen) atoms. The minimum absolute atomic E-state index is 0.0194. The fourth-order valence-corrected chi connectivity index (χ4v) is 2.83. The zero-order chi connectivity index (χ0) is 16.2. The predicted octanol–water partition coefficient (Wildman–Crippen LogP) is 3.95. The van der Waals surface area contributed by atoms with Crippen molar-refractivity contribution in [1.29, 1.82) is 0 Å². The van der Waals surface area contributed by atoms with Crippen molar-refractivity contribution in [3.63, 3.8) is 0 Å². The number of carbonyl (C=O) groups is 1. The standard InChI is InChI=1S/C16H21F3N2O/c1-21(11-12-6-3-2-4-7-12)15(22)20-14-9-5-8-13(10-14)16(17,18)19/h2-4,6-7,13-14H,5,8-11H2,1H3,(H,20,22)/t13-,14+/m0/s1. The molecule has 3 nitrogen and oxygen atoms in total. The van der Waals surface area contributed by atoms with Gasteiger partial charge in [-0.05, 0) is 24.8 Å². The molecular weight excluding hydrogens is 293 g/mol. The van der Waals surface area contributed by atoms with Crippen LogP contribution in [-0.4, -0.2) is 30.2 Å². The summed E-state index contributed by atoms with van der Waals surface area (Å²) >= 11 is 0. The number of carbonyl (C=O) groups excluding carboxylic acids is 1. The Bertz CT molecular complexity index is 490. The second-order valence-electron chi connectivity index (χ2n) is 5.89. The van der Waals surface area contributed by atoms with Gasteiger partial charge in [-0.1, -0.05) is 36.8 Å². The molecule has 0 unspecified atom stereocenters. The van der Waals surface area contributed by atoms with Crippen molar-refractivity contribution in [3.05, 3.63) is 35.9 Å². The summed E-state index contributed by atoms with van der Waals surface area (Å²) in [4.78, 5) is 13.6. The zero-order valence-corrected chi connectivity index (χ0v) is 12.6. The van der Waals surface area contributed by atoms with Gasteiger partial charge < -0.3 is 10.2 Å². The third kappa shape index (κ3) is 4.64. The van der Waals surface area contributed by atoms with E-state index in [4.69, 9.17) is 0 Å². The largest absolute Gasteiger partial charge is 0.391 e. The van der Waals surface area contributed by atoms with E-state index in [2.05, 4.69) is 5.32 Å². The molecule has 2 rings (SSSR count). The Morgan fingerprint density at radius 1 is 1.27 bits per heavy atom. The maximum absolute atomic E-state index is 12.8. The van der Waals surface area contributed by atoms with Crippen LogP contribution in [0.15, 0.2) is 30.3 Å². The molecular formula is C16H21F3N2O. The van der Waals surface area contributed by atoms with E-state index >= 15 is 0 Å². The van der Waals surface area contributed by atoms with E-state index in [9.17, 15) is 18.0 Å². The highest BCUT2D eigenvalue weighted by molar-refractivity contribution is 5.74. The Kier molecular flexibility index (Phi) is 5.32. The lowest BCUT2D eigenvalue weighted by molar-refractivity contribution is -0.183. The number of nitrogens with zero attached hydrogens (tertiary/aromatic N) is 1.